The van der Waals surface area contributed by atoms with Gasteiger partial charge in [-0.1, -0.05) is 30.3 Å². The van der Waals surface area contributed by atoms with Crippen LogP contribution in [0.25, 0.3) is 0 Å². The fourth-order valence-corrected chi connectivity index (χ4v) is 3.61. The summed E-state index contributed by atoms with van der Waals surface area (Å²) in [6.07, 6.45) is 3.50. The zero-order chi connectivity index (χ0) is 25.5. The van der Waals surface area contributed by atoms with E-state index >= 15 is 0 Å². The molecule has 0 bridgehead atoms. The second-order valence-electron chi connectivity index (χ2n) is 7.92. The molecule has 0 radical (unpaired) electrons. The Hall–Kier alpha value is -4.66. The van der Waals surface area contributed by atoms with Crippen molar-refractivity contribution in [1.29, 1.82) is 0 Å². The number of benzene rings is 3. The van der Waals surface area contributed by atoms with Crippen molar-refractivity contribution in [2.45, 2.75) is 6.04 Å². The van der Waals surface area contributed by atoms with Crippen LogP contribution in [0.1, 0.15) is 27.8 Å². The Labute approximate surface area is 207 Å². The summed E-state index contributed by atoms with van der Waals surface area (Å²) in [7, 11) is 3.31. The lowest BCUT2D eigenvalue weighted by molar-refractivity contribution is -0.118. The number of carbonyl (C=O) groups is 2. The van der Waals surface area contributed by atoms with Gasteiger partial charge < -0.3 is 24.7 Å². The van der Waals surface area contributed by atoms with Gasteiger partial charge >= 0.3 is 0 Å². The summed E-state index contributed by atoms with van der Waals surface area (Å²) >= 11 is 0. The maximum Gasteiger partial charge on any atom is 0.262 e. The zero-order valence-electron chi connectivity index (χ0n) is 19.8. The van der Waals surface area contributed by atoms with Crippen LogP contribution in [0.4, 0.5) is 10.1 Å². The highest BCUT2D eigenvalue weighted by molar-refractivity contribution is 5.95. The predicted octanol–water partition coefficient (Wildman–Crippen LogP) is 4.10. The maximum absolute atomic E-state index is 13.2. The average molecular weight is 489 g/mol. The molecule has 1 aromatic heterocycles. The van der Waals surface area contributed by atoms with Crippen molar-refractivity contribution in [3.05, 3.63) is 108 Å². The molecule has 1 atom stereocenters. The van der Waals surface area contributed by atoms with E-state index in [0.29, 0.717) is 28.6 Å². The molecule has 0 saturated carbocycles. The number of amides is 2. The van der Waals surface area contributed by atoms with Gasteiger partial charge in [-0.25, -0.2) is 9.37 Å². The number of ether oxygens (including phenoxy) is 2. The Morgan fingerprint density at radius 2 is 1.78 bits per heavy atom. The minimum absolute atomic E-state index is 0.297. The molecule has 4 rings (SSSR count). The van der Waals surface area contributed by atoms with Gasteiger partial charge in [-0.05, 0) is 48.0 Å². The molecule has 2 amide bonds. The number of nitrogens with zero attached hydrogens (tertiary/aromatic N) is 2. The van der Waals surface area contributed by atoms with Crippen molar-refractivity contribution < 1.29 is 23.5 Å². The van der Waals surface area contributed by atoms with Crippen molar-refractivity contribution in [2.75, 3.05) is 19.0 Å². The molecule has 36 heavy (non-hydrogen) atoms. The highest BCUT2D eigenvalue weighted by Gasteiger charge is 2.22. The Bertz CT molecular complexity index is 1340. The molecule has 0 aliphatic heterocycles. The van der Waals surface area contributed by atoms with Crippen LogP contribution < -0.4 is 20.1 Å². The SMILES string of the molecule is COc1cc(C(=O)N[C@H](c2ccccc2)c2nccn2C)ccc1OCC(=O)Nc1ccc(F)cc1. The first kappa shape index (κ1) is 24.5. The number of methoxy groups -OCH3 is 1. The monoisotopic (exact) mass is 488 g/mol. The molecule has 184 valence electrons. The highest BCUT2D eigenvalue weighted by Crippen LogP contribution is 2.29. The number of hydrogen-bond donors (Lipinski definition) is 2. The molecular weight excluding hydrogens is 463 g/mol. The van der Waals surface area contributed by atoms with Crippen molar-refractivity contribution >= 4 is 17.5 Å². The number of aromatic nitrogens is 2. The molecule has 0 aliphatic rings. The largest absolute Gasteiger partial charge is 0.493 e. The van der Waals surface area contributed by atoms with E-state index in [-0.39, 0.29) is 12.5 Å². The number of aryl methyl sites for hydroxylation is 1. The second-order valence-corrected chi connectivity index (χ2v) is 7.92. The Balaban J connectivity index is 1.45. The first-order chi connectivity index (χ1) is 17.4. The Morgan fingerprint density at radius 1 is 1.03 bits per heavy atom. The van der Waals surface area contributed by atoms with Gasteiger partial charge in [0.05, 0.1) is 7.11 Å². The molecule has 9 heteroatoms. The van der Waals surface area contributed by atoms with Gasteiger partial charge in [-0.3, -0.25) is 9.59 Å². The standard InChI is InChI=1S/C27H25FN4O4/c1-32-15-14-29-26(32)25(18-6-4-3-5-7-18)31-27(34)19-8-13-22(23(16-19)35-2)36-17-24(33)30-21-11-9-20(28)10-12-21/h3-16,25H,17H2,1-2H3,(H,30,33)(H,31,34)/t25-/m1/s1. The van der Waals surface area contributed by atoms with Gasteiger partial charge in [0.2, 0.25) is 0 Å². The lowest BCUT2D eigenvalue weighted by Gasteiger charge is -2.19. The normalized spacial score (nSPS) is 11.4. The molecule has 0 spiro atoms. The second kappa shape index (κ2) is 11.2. The molecule has 0 fully saturated rings. The third-order valence-electron chi connectivity index (χ3n) is 5.44. The maximum atomic E-state index is 13.2. The van der Waals surface area contributed by atoms with Crippen molar-refractivity contribution in [3.8, 4) is 11.5 Å². The molecular formula is C27H25FN4O4. The number of anilines is 1. The van der Waals surface area contributed by atoms with E-state index in [1.807, 2.05) is 48.1 Å². The van der Waals surface area contributed by atoms with Gasteiger partial charge in [0.25, 0.3) is 11.8 Å². The van der Waals surface area contributed by atoms with Crippen LogP contribution in [-0.4, -0.2) is 35.1 Å². The van der Waals surface area contributed by atoms with E-state index < -0.39 is 17.8 Å². The summed E-state index contributed by atoms with van der Waals surface area (Å²) in [4.78, 5) is 29.8. The topological polar surface area (TPSA) is 94.5 Å². The zero-order valence-corrected chi connectivity index (χ0v) is 19.8. The van der Waals surface area contributed by atoms with Crippen LogP contribution >= 0.6 is 0 Å². The molecule has 3 aromatic carbocycles. The first-order valence-electron chi connectivity index (χ1n) is 11.1. The lowest BCUT2D eigenvalue weighted by Crippen LogP contribution is -2.31. The summed E-state index contributed by atoms with van der Waals surface area (Å²) in [6.45, 7) is -0.297. The number of halogens is 1. The summed E-state index contributed by atoms with van der Waals surface area (Å²) in [5.74, 6) is 0.135. The minimum atomic E-state index is -0.462. The number of imidazole rings is 1. The molecule has 0 unspecified atom stereocenters. The number of rotatable bonds is 9. The van der Waals surface area contributed by atoms with E-state index in [0.717, 1.165) is 5.56 Å². The van der Waals surface area contributed by atoms with Gasteiger partial charge in [-0.2, -0.15) is 0 Å². The van der Waals surface area contributed by atoms with Crippen molar-refractivity contribution in [1.82, 2.24) is 14.9 Å². The predicted molar refractivity (Wildman–Crippen MR) is 132 cm³/mol. The quantitative estimate of drug-likeness (QED) is 0.370. The minimum Gasteiger partial charge on any atom is -0.493 e. The fourth-order valence-electron chi connectivity index (χ4n) is 3.61. The molecule has 1 heterocycles. The third kappa shape index (κ3) is 5.87. The van der Waals surface area contributed by atoms with E-state index in [1.54, 1.807) is 24.4 Å². The van der Waals surface area contributed by atoms with Crippen LogP contribution in [0, 0.1) is 5.82 Å². The van der Waals surface area contributed by atoms with Crippen LogP contribution in [-0.2, 0) is 11.8 Å². The smallest absolute Gasteiger partial charge is 0.262 e. The van der Waals surface area contributed by atoms with Crippen LogP contribution in [0.3, 0.4) is 0 Å². The third-order valence-corrected chi connectivity index (χ3v) is 5.44. The molecule has 4 aromatic rings. The van der Waals surface area contributed by atoms with Crippen LogP contribution in [0.2, 0.25) is 0 Å². The van der Waals surface area contributed by atoms with Gasteiger partial charge in [0.1, 0.15) is 17.7 Å². The Morgan fingerprint density at radius 3 is 2.44 bits per heavy atom. The number of nitrogens with one attached hydrogen (secondary N) is 2. The molecule has 8 nitrogen and oxygen atoms in total. The molecule has 0 aliphatic carbocycles. The van der Waals surface area contributed by atoms with Crippen molar-refractivity contribution in [2.24, 2.45) is 7.05 Å². The lowest BCUT2D eigenvalue weighted by atomic mass is 10.1. The van der Waals surface area contributed by atoms with E-state index in [9.17, 15) is 14.0 Å². The van der Waals surface area contributed by atoms with Gasteiger partial charge in [-0.15, -0.1) is 0 Å². The van der Waals surface area contributed by atoms with E-state index in [2.05, 4.69) is 15.6 Å². The van der Waals surface area contributed by atoms with Crippen LogP contribution in [0.15, 0.2) is 85.2 Å². The highest BCUT2D eigenvalue weighted by atomic mass is 19.1. The van der Waals surface area contributed by atoms with Gasteiger partial charge in [0, 0.05) is 30.7 Å². The molecule has 0 saturated heterocycles. The first-order valence-corrected chi connectivity index (χ1v) is 11.1. The number of carbonyl (C=O) groups excluding carboxylic acids is 2. The molecule has 2 N–H and O–H groups in total. The van der Waals surface area contributed by atoms with Gasteiger partial charge in [0.15, 0.2) is 18.1 Å². The Kier molecular flexibility index (Phi) is 7.60. The number of hydrogen-bond acceptors (Lipinski definition) is 5. The van der Waals surface area contributed by atoms with E-state index in [1.165, 1.54) is 31.4 Å². The summed E-state index contributed by atoms with van der Waals surface area (Å²) in [6, 6.07) is 19.2. The van der Waals surface area contributed by atoms with Crippen molar-refractivity contribution in [3.63, 3.8) is 0 Å². The van der Waals surface area contributed by atoms with Crippen LogP contribution in [0.5, 0.6) is 11.5 Å². The summed E-state index contributed by atoms with van der Waals surface area (Å²) in [5, 5.41) is 5.65. The van der Waals surface area contributed by atoms with E-state index in [4.69, 9.17) is 9.47 Å². The fraction of sp³-hybridized carbons (Fsp3) is 0.148. The summed E-state index contributed by atoms with van der Waals surface area (Å²) in [5.41, 5.74) is 1.69. The average Bonchev–Trinajstić information content (AvgIpc) is 3.33. The summed E-state index contributed by atoms with van der Waals surface area (Å²) < 4.78 is 25.9.